The van der Waals surface area contributed by atoms with Crippen molar-refractivity contribution in [2.24, 2.45) is 0 Å². The van der Waals surface area contributed by atoms with Crippen LogP contribution >= 0.6 is 0 Å². The number of benzene rings is 2. The van der Waals surface area contributed by atoms with E-state index in [4.69, 9.17) is 9.47 Å². The van der Waals surface area contributed by atoms with Gasteiger partial charge in [-0.05, 0) is 32.1 Å². The van der Waals surface area contributed by atoms with Gasteiger partial charge in [0.15, 0.2) is 17.3 Å². The van der Waals surface area contributed by atoms with Crippen LogP contribution in [0.2, 0.25) is 0 Å². The summed E-state index contributed by atoms with van der Waals surface area (Å²) in [5.41, 5.74) is -2.21. The van der Waals surface area contributed by atoms with Crippen LogP contribution in [0.5, 0.6) is 17.2 Å². The van der Waals surface area contributed by atoms with Crippen molar-refractivity contribution in [3.05, 3.63) is 65.0 Å². The van der Waals surface area contributed by atoms with Crippen molar-refractivity contribution in [1.29, 1.82) is 0 Å². The number of aromatic hydroxyl groups is 1. The van der Waals surface area contributed by atoms with Crippen molar-refractivity contribution >= 4 is 11.6 Å². The number of hydrogen-bond donors (Lipinski definition) is 2. The molecule has 2 atom stereocenters. The molecule has 0 spiro atoms. The summed E-state index contributed by atoms with van der Waals surface area (Å²) in [6, 6.07) is 8.84. The number of carbonyl (C=O) groups excluding carboxylic acids is 2. The summed E-state index contributed by atoms with van der Waals surface area (Å²) >= 11 is 0. The average Bonchev–Trinajstić information content (AvgIpc) is 3.35. The van der Waals surface area contributed by atoms with E-state index >= 15 is 0 Å². The Morgan fingerprint density at radius 1 is 1.10 bits per heavy atom. The molecule has 9 nitrogen and oxygen atoms in total. The number of rotatable bonds is 8. The number of likely N-dealkylation sites (N-methyl/N-ethyl adjacent to an activating group) is 1. The Hall–Kier alpha value is -3.90. The number of nitrogens with zero attached hydrogens (tertiary/aromatic N) is 3. The van der Waals surface area contributed by atoms with Crippen molar-refractivity contribution in [2.45, 2.75) is 31.0 Å². The molecule has 2 N–H and O–H groups in total. The van der Waals surface area contributed by atoms with E-state index in [9.17, 15) is 33.0 Å². The number of Topliss-reactive ketones (excluding diaryl/α,β-unsaturated/α-hetero) is 2. The van der Waals surface area contributed by atoms with E-state index in [0.29, 0.717) is 24.2 Å². The minimum Gasteiger partial charge on any atom is -0.507 e. The molecular formula is C27H28F3N3O6. The second-order valence-corrected chi connectivity index (χ2v) is 9.32. The Morgan fingerprint density at radius 2 is 1.77 bits per heavy atom. The fourth-order valence-electron chi connectivity index (χ4n) is 4.94. The molecular weight excluding hydrogens is 519 g/mol. The highest BCUT2D eigenvalue weighted by Crippen LogP contribution is 2.46. The highest BCUT2D eigenvalue weighted by molar-refractivity contribution is 6.16. The molecule has 2 unspecified atom stereocenters. The summed E-state index contributed by atoms with van der Waals surface area (Å²) in [4.78, 5) is 28.3. The minimum absolute atomic E-state index is 0.0889. The molecule has 2 heterocycles. The van der Waals surface area contributed by atoms with E-state index in [1.165, 1.54) is 44.6 Å². The summed E-state index contributed by atoms with van der Waals surface area (Å²) in [6.07, 6.45) is -5.61. The number of ketones is 2. The Morgan fingerprint density at radius 3 is 2.36 bits per heavy atom. The Balaban J connectivity index is 1.73. The lowest BCUT2D eigenvalue weighted by molar-refractivity contribution is -0.143. The van der Waals surface area contributed by atoms with Crippen LogP contribution in [0, 0.1) is 0 Å². The maximum Gasteiger partial charge on any atom is 0.434 e. The van der Waals surface area contributed by atoms with E-state index in [-0.39, 0.29) is 28.3 Å². The lowest BCUT2D eigenvalue weighted by Gasteiger charge is -2.35. The van der Waals surface area contributed by atoms with E-state index in [0.717, 1.165) is 6.20 Å². The van der Waals surface area contributed by atoms with Crippen molar-refractivity contribution in [3.8, 4) is 22.9 Å². The number of alkyl halides is 3. The number of phenols is 1. The van der Waals surface area contributed by atoms with Crippen LogP contribution in [-0.2, 0) is 6.18 Å². The van der Waals surface area contributed by atoms with Gasteiger partial charge in [-0.25, -0.2) is 4.68 Å². The smallest absolute Gasteiger partial charge is 0.434 e. The number of hydrogen-bond acceptors (Lipinski definition) is 8. The predicted molar refractivity (Wildman–Crippen MR) is 134 cm³/mol. The van der Waals surface area contributed by atoms with Crippen LogP contribution < -0.4 is 9.47 Å². The predicted octanol–water partition coefficient (Wildman–Crippen LogP) is 3.85. The third-order valence-electron chi connectivity index (χ3n) is 6.80. The van der Waals surface area contributed by atoms with E-state index in [2.05, 4.69) is 5.10 Å². The first-order chi connectivity index (χ1) is 18.5. The molecule has 0 bridgehead atoms. The summed E-state index contributed by atoms with van der Waals surface area (Å²) in [6.45, 7) is 0.913. The van der Waals surface area contributed by atoms with Crippen LogP contribution in [0.25, 0.3) is 5.69 Å². The van der Waals surface area contributed by atoms with Crippen LogP contribution in [-0.4, -0.2) is 76.9 Å². The largest absolute Gasteiger partial charge is 0.507 e. The number of aliphatic hydroxyl groups excluding tert-OH is 1. The molecule has 2 aromatic carbocycles. The molecule has 1 aliphatic heterocycles. The Bertz CT molecular complexity index is 1370. The van der Waals surface area contributed by atoms with Gasteiger partial charge in [-0.1, -0.05) is 18.2 Å². The second-order valence-electron chi connectivity index (χ2n) is 9.32. The third kappa shape index (κ3) is 5.48. The quantitative estimate of drug-likeness (QED) is 0.323. The first-order valence-corrected chi connectivity index (χ1v) is 12.1. The highest BCUT2D eigenvalue weighted by Gasteiger charge is 2.41. The van der Waals surface area contributed by atoms with Gasteiger partial charge in [0, 0.05) is 24.1 Å². The van der Waals surface area contributed by atoms with Gasteiger partial charge in [-0.2, -0.15) is 18.3 Å². The number of halogens is 3. The molecule has 1 aromatic heterocycles. The number of ether oxygens (including phenoxy) is 2. The summed E-state index contributed by atoms with van der Waals surface area (Å²) in [7, 11) is 4.43. The number of β-amino-alcohol motifs (C(OH)–C–C–N with tert-alkyl or cyclic N) is 1. The SMILES string of the molecule is COc1cc(OC)c(C2CCN(C)CC2O)c(O)c1C(=O)CC(=O)c1cnn(-c2ccccc2)c1C(F)(F)F. The topological polar surface area (TPSA) is 114 Å². The van der Waals surface area contributed by atoms with Gasteiger partial charge in [0.2, 0.25) is 0 Å². The number of para-hydroxylation sites is 1. The number of carbonyl (C=O) groups is 2. The number of phenolic OH excluding ortho intramolecular Hbond substituents is 1. The van der Waals surface area contributed by atoms with Gasteiger partial charge >= 0.3 is 6.18 Å². The highest BCUT2D eigenvalue weighted by atomic mass is 19.4. The van der Waals surface area contributed by atoms with Gasteiger partial charge in [0.25, 0.3) is 0 Å². The zero-order valence-corrected chi connectivity index (χ0v) is 21.5. The maximum absolute atomic E-state index is 14.0. The fourth-order valence-corrected chi connectivity index (χ4v) is 4.94. The van der Waals surface area contributed by atoms with Crippen LogP contribution in [0.15, 0.2) is 42.6 Å². The lowest BCUT2D eigenvalue weighted by Crippen LogP contribution is -2.40. The summed E-state index contributed by atoms with van der Waals surface area (Å²) in [5, 5.41) is 25.7. The van der Waals surface area contributed by atoms with Gasteiger partial charge in [0.05, 0.1) is 44.2 Å². The zero-order valence-electron chi connectivity index (χ0n) is 21.5. The molecule has 0 radical (unpaired) electrons. The molecule has 3 aromatic rings. The van der Waals surface area contributed by atoms with Crippen LogP contribution in [0.3, 0.4) is 0 Å². The van der Waals surface area contributed by atoms with Crippen molar-refractivity contribution < 1.29 is 42.4 Å². The number of piperidine rings is 1. The zero-order chi connectivity index (χ0) is 28.5. The molecule has 12 heteroatoms. The second kappa shape index (κ2) is 11.1. The Labute approximate surface area is 222 Å². The van der Waals surface area contributed by atoms with Crippen LogP contribution in [0.1, 0.15) is 50.7 Å². The van der Waals surface area contributed by atoms with E-state index in [1.807, 2.05) is 11.9 Å². The Kier molecular flexibility index (Phi) is 7.98. The minimum atomic E-state index is -4.95. The summed E-state index contributed by atoms with van der Waals surface area (Å²) < 4.78 is 53.4. The number of aromatic nitrogens is 2. The van der Waals surface area contributed by atoms with Gasteiger partial charge in [-0.15, -0.1) is 0 Å². The van der Waals surface area contributed by atoms with Crippen molar-refractivity contribution in [3.63, 3.8) is 0 Å². The number of methoxy groups -OCH3 is 2. The van der Waals surface area contributed by atoms with Crippen LogP contribution in [0.4, 0.5) is 13.2 Å². The third-order valence-corrected chi connectivity index (χ3v) is 6.80. The molecule has 0 amide bonds. The van der Waals surface area contributed by atoms with Gasteiger partial charge < -0.3 is 24.6 Å². The van der Waals surface area contributed by atoms with Crippen molar-refractivity contribution in [2.75, 3.05) is 34.4 Å². The monoisotopic (exact) mass is 547 g/mol. The standard InChI is InChI=1S/C27H28F3N3O6/c1-32-10-9-16(20(36)14-32)23-21(38-2)12-22(39-3)24(25(23)37)19(35)11-18(34)17-13-31-33(26(17)27(28,29)30)15-7-5-4-6-8-15/h4-8,12-13,16,20,36-37H,9-11,14H2,1-3H3. The number of aliphatic hydroxyl groups is 1. The number of likely N-dealkylation sites (tertiary alicyclic amines) is 1. The molecule has 1 saturated heterocycles. The average molecular weight is 548 g/mol. The molecule has 1 aliphatic rings. The molecule has 4 rings (SSSR count). The molecule has 0 saturated carbocycles. The normalized spacial score (nSPS) is 18.1. The molecule has 39 heavy (non-hydrogen) atoms. The van der Waals surface area contributed by atoms with Gasteiger partial charge in [0.1, 0.15) is 22.8 Å². The fraction of sp³-hybridized carbons (Fsp3) is 0.370. The first kappa shape index (κ1) is 28.1. The molecule has 208 valence electrons. The molecule has 0 aliphatic carbocycles. The van der Waals surface area contributed by atoms with Crippen molar-refractivity contribution in [1.82, 2.24) is 14.7 Å². The summed E-state index contributed by atoms with van der Waals surface area (Å²) in [5.74, 6) is -3.18. The first-order valence-electron chi connectivity index (χ1n) is 12.1. The molecule has 1 fully saturated rings. The van der Waals surface area contributed by atoms with E-state index < -0.39 is 53.2 Å². The maximum atomic E-state index is 14.0. The van der Waals surface area contributed by atoms with E-state index in [1.54, 1.807) is 6.07 Å². The van der Waals surface area contributed by atoms with Gasteiger partial charge in [-0.3, -0.25) is 9.59 Å². The lowest BCUT2D eigenvalue weighted by atomic mass is 9.84.